The largest absolute Gasteiger partial charge is 0.497 e. The van der Waals surface area contributed by atoms with Crippen molar-refractivity contribution in [2.24, 2.45) is 4.99 Å². The number of methoxy groups -OCH3 is 2. The van der Waals surface area contributed by atoms with E-state index in [1.807, 2.05) is 66.7 Å². The Morgan fingerprint density at radius 1 is 1.05 bits per heavy atom. The Hall–Kier alpha value is -4.17. The number of rotatable bonds is 6. The smallest absolute Gasteiger partial charge is 0.338 e. The van der Waals surface area contributed by atoms with Crippen LogP contribution in [0.15, 0.2) is 81.7 Å². The Balaban J connectivity index is 1.77. The van der Waals surface area contributed by atoms with Crippen LogP contribution >= 0.6 is 11.3 Å². The summed E-state index contributed by atoms with van der Waals surface area (Å²) in [5.41, 5.74) is 2.19. The van der Waals surface area contributed by atoms with Crippen LogP contribution in [0.25, 0.3) is 16.8 Å². The molecule has 1 aromatic heterocycles. The number of aromatic nitrogens is 1. The van der Waals surface area contributed by atoms with E-state index in [9.17, 15) is 9.59 Å². The van der Waals surface area contributed by atoms with Gasteiger partial charge in [-0.05, 0) is 54.5 Å². The molecule has 0 amide bonds. The van der Waals surface area contributed by atoms with Gasteiger partial charge in [-0.15, -0.1) is 0 Å². The van der Waals surface area contributed by atoms with Gasteiger partial charge in [0.15, 0.2) is 4.80 Å². The molecule has 0 saturated carbocycles. The number of hydrogen-bond donors (Lipinski definition) is 0. The molecule has 7 nitrogen and oxygen atoms in total. The van der Waals surface area contributed by atoms with E-state index in [4.69, 9.17) is 14.2 Å². The zero-order chi connectivity index (χ0) is 26.1. The first-order valence-corrected chi connectivity index (χ1v) is 12.7. The molecular weight excluding hydrogens is 488 g/mol. The molecule has 0 aliphatic carbocycles. The standard InChI is InChI=1S/C29H26N2O5S/c1-5-36-28(33)25-17(2)30-29-31(26(25)19-10-13-20(34-3)14-11-19)27(32)24(37-29)16-22-21-9-7-6-8-18(21)12-15-23(22)35-4/h6-16,26H,5H2,1-4H3/t26-/m0/s1. The Labute approximate surface area is 217 Å². The molecular formula is C29H26N2O5S. The number of esters is 1. The number of ether oxygens (including phenoxy) is 3. The highest BCUT2D eigenvalue weighted by Crippen LogP contribution is 2.32. The minimum absolute atomic E-state index is 0.218. The maximum atomic E-state index is 13.9. The van der Waals surface area contributed by atoms with Crippen LogP contribution in [0.1, 0.15) is 31.0 Å². The number of hydrogen-bond acceptors (Lipinski definition) is 7. The van der Waals surface area contributed by atoms with Gasteiger partial charge in [0.2, 0.25) is 0 Å². The SMILES string of the molecule is CCOC(=O)C1=C(C)N=c2sc(=Cc3c(OC)ccc4ccccc34)c(=O)n2[C@H]1c1ccc(OC)cc1. The van der Waals surface area contributed by atoms with Gasteiger partial charge in [0.25, 0.3) is 5.56 Å². The van der Waals surface area contributed by atoms with Crippen molar-refractivity contribution in [2.75, 3.05) is 20.8 Å². The summed E-state index contributed by atoms with van der Waals surface area (Å²) < 4.78 is 18.4. The molecule has 37 heavy (non-hydrogen) atoms. The van der Waals surface area contributed by atoms with E-state index in [-0.39, 0.29) is 12.2 Å². The first kappa shape index (κ1) is 24.5. The molecule has 0 bridgehead atoms. The van der Waals surface area contributed by atoms with Gasteiger partial charge in [-0.3, -0.25) is 9.36 Å². The van der Waals surface area contributed by atoms with Gasteiger partial charge in [0.05, 0.1) is 42.7 Å². The van der Waals surface area contributed by atoms with E-state index < -0.39 is 12.0 Å². The number of carbonyl (C=O) groups excluding carboxylic acids is 1. The van der Waals surface area contributed by atoms with E-state index >= 15 is 0 Å². The molecule has 2 heterocycles. The molecule has 0 radical (unpaired) electrons. The van der Waals surface area contributed by atoms with E-state index in [2.05, 4.69) is 4.99 Å². The van der Waals surface area contributed by atoms with Crippen LogP contribution in [0.3, 0.4) is 0 Å². The molecule has 1 aliphatic rings. The van der Waals surface area contributed by atoms with Crippen molar-refractivity contribution in [3.63, 3.8) is 0 Å². The summed E-state index contributed by atoms with van der Waals surface area (Å²) >= 11 is 1.28. The molecule has 0 unspecified atom stereocenters. The van der Waals surface area contributed by atoms with Gasteiger partial charge < -0.3 is 14.2 Å². The Morgan fingerprint density at radius 2 is 1.81 bits per heavy atom. The van der Waals surface area contributed by atoms with Gasteiger partial charge in [0, 0.05) is 5.56 Å². The van der Waals surface area contributed by atoms with Crippen LogP contribution in [0.5, 0.6) is 11.5 Å². The average molecular weight is 515 g/mol. The van der Waals surface area contributed by atoms with Gasteiger partial charge in [-0.25, -0.2) is 9.79 Å². The lowest BCUT2D eigenvalue weighted by molar-refractivity contribution is -0.139. The monoisotopic (exact) mass is 514 g/mol. The second-order valence-corrected chi connectivity index (χ2v) is 9.49. The zero-order valence-electron chi connectivity index (χ0n) is 21.0. The molecule has 0 fully saturated rings. The first-order valence-electron chi connectivity index (χ1n) is 11.9. The van der Waals surface area contributed by atoms with Crippen molar-refractivity contribution in [1.82, 2.24) is 4.57 Å². The number of thiazole rings is 1. The van der Waals surface area contributed by atoms with Gasteiger partial charge in [-0.2, -0.15) is 0 Å². The van der Waals surface area contributed by atoms with Crippen molar-refractivity contribution in [2.45, 2.75) is 19.9 Å². The van der Waals surface area contributed by atoms with Crippen molar-refractivity contribution in [1.29, 1.82) is 0 Å². The van der Waals surface area contributed by atoms with Crippen LogP contribution in [0, 0.1) is 0 Å². The fourth-order valence-electron chi connectivity index (χ4n) is 4.63. The topological polar surface area (TPSA) is 79.1 Å². The second kappa shape index (κ2) is 10.1. The summed E-state index contributed by atoms with van der Waals surface area (Å²) in [5.74, 6) is 0.854. The normalized spacial score (nSPS) is 15.4. The van der Waals surface area contributed by atoms with E-state index in [1.165, 1.54) is 11.3 Å². The maximum Gasteiger partial charge on any atom is 0.338 e. The number of fused-ring (bicyclic) bond motifs is 2. The molecule has 4 aromatic rings. The summed E-state index contributed by atoms with van der Waals surface area (Å²) in [7, 11) is 3.20. The third-order valence-electron chi connectivity index (χ3n) is 6.37. The predicted molar refractivity (Wildman–Crippen MR) is 144 cm³/mol. The Morgan fingerprint density at radius 3 is 2.51 bits per heavy atom. The first-order chi connectivity index (χ1) is 18.0. The van der Waals surface area contributed by atoms with Crippen LogP contribution < -0.4 is 24.4 Å². The quantitative estimate of drug-likeness (QED) is 0.364. The molecule has 0 N–H and O–H groups in total. The van der Waals surface area contributed by atoms with Crippen molar-refractivity contribution in [3.05, 3.63) is 103 Å². The van der Waals surface area contributed by atoms with Crippen molar-refractivity contribution in [3.8, 4) is 11.5 Å². The predicted octanol–water partition coefficient (Wildman–Crippen LogP) is 3.97. The lowest BCUT2D eigenvalue weighted by Crippen LogP contribution is -2.39. The van der Waals surface area contributed by atoms with Crippen molar-refractivity contribution >= 4 is 34.2 Å². The Bertz CT molecular complexity index is 1710. The van der Waals surface area contributed by atoms with E-state index in [1.54, 1.807) is 32.6 Å². The highest BCUT2D eigenvalue weighted by molar-refractivity contribution is 7.07. The minimum Gasteiger partial charge on any atom is -0.497 e. The summed E-state index contributed by atoms with van der Waals surface area (Å²) in [5, 5.41) is 2.02. The molecule has 1 aliphatic heterocycles. The number of allylic oxidation sites excluding steroid dienone is 1. The molecule has 188 valence electrons. The minimum atomic E-state index is -0.683. The summed E-state index contributed by atoms with van der Waals surface area (Å²) in [6.07, 6.45) is 1.85. The highest BCUT2D eigenvalue weighted by atomic mass is 32.1. The fourth-order valence-corrected chi connectivity index (χ4v) is 5.66. The summed E-state index contributed by atoms with van der Waals surface area (Å²) in [6.45, 7) is 3.74. The molecule has 0 saturated heterocycles. The molecule has 1 atom stereocenters. The molecule has 8 heteroatoms. The average Bonchev–Trinajstić information content (AvgIpc) is 3.22. The second-order valence-electron chi connectivity index (χ2n) is 8.48. The summed E-state index contributed by atoms with van der Waals surface area (Å²) in [6, 6.07) is 18.5. The van der Waals surface area contributed by atoms with Crippen LogP contribution in [0.2, 0.25) is 0 Å². The maximum absolute atomic E-state index is 13.9. The third kappa shape index (κ3) is 4.34. The van der Waals surface area contributed by atoms with E-state index in [0.717, 1.165) is 21.9 Å². The summed E-state index contributed by atoms with van der Waals surface area (Å²) in [4.78, 5) is 32.2. The number of carbonyl (C=O) groups is 1. The van der Waals surface area contributed by atoms with Crippen LogP contribution in [-0.2, 0) is 9.53 Å². The lowest BCUT2D eigenvalue weighted by Gasteiger charge is -2.24. The highest BCUT2D eigenvalue weighted by Gasteiger charge is 2.33. The molecule has 5 rings (SSSR count). The third-order valence-corrected chi connectivity index (χ3v) is 7.36. The van der Waals surface area contributed by atoms with Gasteiger partial charge in [-0.1, -0.05) is 53.8 Å². The van der Waals surface area contributed by atoms with Crippen molar-refractivity contribution < 1.29 is 19.0 Å². The Kier molecular flexibility index (Phi) is 6.67. The van der Waals surface area contributed by atoms with Gasteiger partial charge in [0.1, 0.15) is 11.5 Å². The van der Waals surface area contributed by atoms with Crippen LogP contribution in [0.4, 0.5) is 0 Å². The molecule has 0 spiro atoms. The van der Waals surface area contributed by atoms with Crippen LogP contribution in [-0.4, -0.2) is 31.4 Å². The van der Waals surface area contributed by atoms with Gasteiger partial charge >= 0.3 is 5.97 Å². The number of benzene rings is 3. The van der Waals surface area contributed by atoms with E-state index in [0.29, 0.717) is 32.1 Å². The zero-order valence-corrected chi connectivity index (χ0v) is 21.8. The molecule has 3 aromatic carbocycles. The fraction of sp³-hybridized carbons (Fsp3) is 0.207. The number of nitrogens with zero attached hydrogens (tertiary/aromatic N) is 2. The lowest BCUT2D eigenvalue weighted by atomic mass is 9.96.